The van der Waals surface area contributed by atoms with Crippen molar-refractivity contribution in [2.75, 3.05) is 6.61 Å². The van der Waals surface area contributed by atoms with Crippen LogP contribution < -0.4 is 10.1 Å². The Morgan fingerprint density at radius 3 is 2.41 bits per heavy atom. The number of hydrogen-bond donors (Lipinski definition) is 1. The molecule has 1 aliphatic heterocycles. The largest absolute Gasteiger partial charge is 0.488 e. The third kappa shape index (κ3) is 2.63. The first-order valence-electron chi connectivity index (χ1n) is 6.99. The third-order valence-electron chi connectivity index (χ3n) is 3.44. The number of ketones is 1. The van der Waals surface area contributed by atoms with Crippen LogP contribution >= 0.6 is 0 Å². The maximum absolute atomic E-state index is 12.7. The summed E-state index contributed by atoms with van der Waals surface area (Å²) in [6.07, 6.45) is 0. The number of amides is 1. The molecule has 1 heterocycles. The van der Waals surface area contributed by atoms with Gasteiger partial charge >= 0.3 is 0 Å². The highest BCUT2D eigenvalue weighted by atomic mass is 16.5. The topological polar surface area (TPSA) is 55.4 Å². The van der Waals surface area contributed by atoms with E-state index in [2.05, 4.69) is 5.32 Å². The van der Waals surface area contributed by atoms with Crippen molar-refractivity contribution in [1.82, 2.24) is 5.32 Å². The number of benzene rings is 2. The number of rotatable bonds is 3. The van der Waals surface area contributed by atoms with Gasteiger partial charge in [0, 0.05) is 18.1 Å². The fourth-order valence-corrected chi connectivity index (χ4v) is 2.45. The second-order valence-corrected chi connectivity index (χ2v) is 5.01. The van der Waals surface area contributed by atoms with Gasteiger partial charge in [0.15, 0.2) is 5.78 Å². The van der Waals surface area contributed by atoms with E-state index in [9.17, 15) is 9.59 Å². The maximum Gasteiger partial charge on any atom is 0.221 e. The second-order valence-electron chi connectivity index (χ2n) is 5.01. The van der Waals surface area contributed by atoms with Crippen molar-refractivity contribution in [1.29, 1.82) is 0 Å². The molecule has 0 spiro atoms. The van der Waals surface area contributed by atoms with Gasteiger partial charge in [-0.2, -0.15) is 0 Å². The summed E-state index contributed by atoms with van der Waals surface area (Å²) in [5.74, 6) is 0.305. The van der Waals surface area contributed by atoms with Crippen molar-refractivity contribution in [3.05, 3.63) is 71.3 Å². The molecule has 4 nitrogen and oxygen atoms in total. The molecule has 0 aromatic heterocycles. The minimum Gasteiger partial charge on any atom is -0.488 e. The first-order chi connectivity index (χ1) is 10.7. The lowest BCUT2D eigenvalue weighted by Crippen LogP contribution is -2.27. The number of hydrogen-bond acceptors (Lipinski definition) is 3. The lowest BCUT2D eigenvalue weighted by molar-refractivity contribution is -0.117. The molecule has 0 aliphatic carbocycles. The molecule has 2 aromatic rings. The maximum atomic E-state index is 12.7. The van der Waals surface area contributed by atoms with Gasteiger partial charge in [0.1, 0.15) is 12.4 Å². The van der Waals surface area contributed by atoms with Gasteiger partial charge in [-0.05, 0) is 12.1 Å². The summed E-state index contributed by atoms with van der Waals surface area (Å²) < 4.78 is 5.66. The van der Waals surface area contributed by atoms with Gasteiger partial charge in [0.05, 0.1) is 11.3 Å². The van der Waals surface area contributed by atoms with Gasteiger partial charge in [-0.25, -0.2) is 0 Å². The summed E-state index contributed by atoms with van der Waals surface area (Å²) in [5.41, 5.74) is 2.29. The molecule has 1 aliphatic rings. The smallest absolute Gasteiger partial charge is 0.221 e. The number of Topliss-reactive ketones (excluding diaryl/α,β-unsaturated/α-hetero) is 1. The lowest BCUT2D eigenvalue weighted by Gasteiger charge is -2.23. The van der Waals surface area contributed by atoms with Crippen LogP contribution in [0.25, 0.3) is 5.70 Å². The molecule has 4 heteroatoms. The summed E-state index contributed by atoms with van der Waals surface area (Å²) in [6.45, 7) is 1.57. The highest BCUT2D eigenvalue weighted by Crippen LogP contribution is 2.32. The average Bonchev–Trinajstić information content (AvgIpc) is 2.55. The summed E-state index contributed by atoms with van der Waals surface area (Å²) in [5, 5.41) is 2.78. The molecule has 3 rings (SSSR count). The third-order valence-corrected chi connectivity index (χ3v) is 3.44. The molecule has 0 saturated heterocycles. The zero-order valence-electron chi connectivity index (χ0n) is 12.1. The van der Waals surface area contributed by atoms with Gasteiger partial charge in [-0.1, -0.05) is 42.5 Å². The van der Waals surface area contributed by atoms with Crippen LogP contribution in [-0.4, -0.2) is 18.3 Å². The highest BCUT2D eigenvalue weighted by Gasteiger charge is 2.26. The first kappa shape index (κ1) is 14.1. The molecule has 22 heavy (non-hydrogen) atoms. The van der Waals surface area contributed by atoms with Crippen LogP contribution in [0.1, 0.15) is 22.8 Å². The number of fused-ring (bicyclic) bond motifs is 1. The summed E-state index contributed by atoms with van der Waals surface area (Å²) in [4.78, 5) is 24.2. The van der Waals surface area contributed by atoms with E-state index >= 15 is 0 Å². The van der Waals surface area contributed by atoms with Crippen LogP contribution in [-0.2, 0) is 4.79 Å². The predicted molar refractivity (Wildman–Crippen MR) is 83.4 cm³/mol. The molecule has 2 aromatic carbocycles. The molecular weight excluding hydrogens is 278 g/mol. The average molecular weight is 293 g/mol. The van der Waals surface area contributed by atoms with Gasteiger partial charge in [-0.3, -0.25) is 9.59 Å². The van der Waals surface area contributed by atoms with Crippen LogP contribution in [0.15, 0.2) is 60.2 Å². The number of para-hydroxylation sites is 1. The number of ether oxygens (including phenoxy) is 1. The Balaban J connectivity index is 2.11. The lowest BCUT2D eigenvalue weighted by atomic mass is 9.96. The fourth-order valence-electron chi connectivity index (χ4n) is 2.45. The van der Waals surface area contributed by atoms with Crippen molar-refractivity contribution in [3.8, 4) is 5.75 Å². The van der Waals surface area contributed by atoms with E-state index in [4.69, 9.17) is 4.74 Å². The minimum absolute atomic E-state index is 0.139. The quantitative estimate of drug-likeness (QED) is 0.885. The normalized spacial score (nSPS) is 13.1. The van der Waals surface area contributed by atoms with Crippen LogP contribution in [0, 0.1) is 0 Å². The number of carbonyl (C=O) groups excluding carboxylic acids is 2. The number of nitrogens with one attached hydrogen (secondary N) is 1. The highest BCUT2D eigenvalue weighted by molar-refractivity contribution is 6.14. The van der Waals surface area contributed by atoms with Crippen LogP contribution in [0.5, 0.6) is 5.75 Å². The summed E-state index contributed by atoms with van der Waals surface area (Å²) in [6, 6.07) is 16.3. The van der Waals surface area contributed by atoms with Crippen LogP contribution in [0.3, 0.4) is 0 Å². The molecule has 0 saturated carbocycles. The van der Waals surface area contributed by atoms with Crippen molar-refractivity contribution < 1.29 is 14.3 Å². The van der Waals surface area contributed by atoms with Crippen LogP contribution in [0.4, 0.5) is 0 Å². The summed E-state index contributed by atoms with van der Waals surface area (Å²) in [7, 11) is 0. The molecule has 0 radical (unpaired) electrons. The minimum atomic E-state index is -0.218. The van der Waals surface area contributed by atoms with Crippen molar-refractivity contribution >= 4 is 17.4 Å². The molecule has 0 bridgehead atoms. The molecule has 0 unspecified atom stereocenters. The molecule has 1 N–H and O–H groups in total. The van der Waals surface area contributed by atoms with E-state index in [0.717, 1.165) is 5.56 Å². The molecule has 0 fully saturated rings. The molecule has 110 valence electrons. The van der Waals surface area contributed by atoms with E-state index in [0.29, 0.717) is 22.6 Å². The molecule has 0 atom stereocenters. The Bertz CT molecular complexity index is 763. The SMILES string of the molecule is CC(=O)NC1=C(C(=O)c2ccccc2)COc2ccccc21. The Morgan fingerprint density at radius 1 is 1.00 bits per heavy atom. The Morgan fingerprint density at radius 2 is 1.68 bits per heavy atom. The van der Waals surface area contributed by atoms with E-state index in [1.807, 2.05) is 42.5 Å². The Hall–Kier alpha value is -2.88. The van der Waals surface area contributed by atoms with E-state index in [1.165, 1.54) is 6.92 Å². The Labute approximate surface area is 128 Å². The van der Waals surface area contributed by atoms with Gasteiger partial charge in [0.2, 0.25) is 5.91 Å². The molecular formula is C18H15NO3. The van der Waals surface area contributed by atoms with Gasteiger partial charge < -0.3 is 10.1 Å². The monoisotopic (exact) mass is 293 g/mol. The summed E-state index contributed by atoms with van der Waals surface area (Å²) >= 11 is 0. The van der Waals surface area contributed by atoms with Crippen LogP contribution in [0.2, 0.25) is 0 Å². The fraction of sp³-hybridized carbons (Fsp3) is 0.111. The van der Waals surface area contributed by atoms with E-state index in [-0.39, 0.29) is 18.3 Å². The van der Waals surface area contributed by atoms with E-state index < -0.39 is 0 Å². The van der Waals surface area contributed by atoms with Crippen molar-refractivity contribution in [2.45, 2.75) is 6.92 Å². The molecule has 1 amide bonds. The zero-order chi connectivity index (χ0) is 15.5. The van der Waals surface area contributed by atoms with Crippen molar-refractivity contribution in [2.24, 2.45) is 0 Å². The number of carbonyl (C=O) groups is 2. The van der Waals surface area contributed by atoms with E-state index in [1.54, 1.807) is 12.1 Å². The van der Waals surface area contributed by atoms with Crippen molar-refractivity contribution in [3.63, 3.8) is 0 Å². The second kappa shape index (κ2) is 5.85. The first-order valence-corrected chi connectivity index (χ1v) is 6.99. The van der Waals surface area contributed by atoms with Gasteiger partial charge in [0.25, 0.3) is 0 Å². The zero-order valence-corrected chi connectivity index (χ0v) is 12.1. The Kier molecular flexibility index (Phi) is 3.74. The van der Waals surface area contributed by atoms with Gasteiger partial charge in [-0.15, -0.1) is 0 Å². The standard InChI is InChI=1S/C18H15NO3/c1-12(20)19-17-14-9-5-6-10-16(14)22-11-15(17)18(21)13-7-3-2-4-8-13/h2-10H,11H2,1H3,(H,19,20). The predicted octanol–water partition coefficient (Wildman–Crippen LogP) is 2.81.